The van der Waals surface area contributed by atoms with Gasteiger partial charge in [-0.05, 0) is 95.6 Å². The maximum absolute atomic E-state index is 13.2. The lowest BCUT2D eigenvalue weighted by molar-refractivity contribution is -0.165. The number of esters is 2. The number of rotatable bonds is 23. The average molecular weight is 585 g/mol. The molecule has 0 amide bonds. The number of unbranched alkanes of at least 4 members (excludes halogenated alkanes) is 2. The quantitative estimate of drug-likeness (QED) is 0.110. The van der Waals surface area contributed by atoms with Crippen LogP contribution in [0, 0.1) is 11.8 Å². The normalized spacial score (nSPS) is 11.5. The lowest BCUT2D eigenvalue weighted by atomic mass is 9.86. The van der Waals surface area contributed by atoms with Gasteiger partial charge in [-0.25, -0.2) is 0 Å². The summed E-state index contributed by atoms with van der Waals surface area (Å²) in [5.41, 5.74) is 2.40. The van der Waals surface area contributed by atoms with E-state index in [1.807, 2.05) is 36.4 Å². The van der Waals surface area contributed by atoms with Gasteiger partial charge in [0.1, 0.15) is 0 Å². The van der Waals surface area contributed by atoms with E-state index in [0.717, 1.165) is 51.9 Å². The molecular formula is C34H52N2O6. The summed E-state index contributed by atoms with van der Waals surface area (Å²) in [6.07, 6.45) is 4.44. The second kappa shape index (κ2) is 21.9. The Morgan fingerprint density at radius 2 is 1.05 bits per heavy atom. The van der Waals surface area contributed by atoms with Crippen LogP contribution >= 0.6 is 0 Å². The average Bonchev–Trinajstić information content (AvgIpc) is 2.99. The summed E-state index contributed by atoms with van der Waals surface area (Å²) in [7, 11) is 0. The predicted octanol–water partition coefficient (Wildman–Crippen LogP) is 4.67. The van der Waals surface area contributed by atoms with Gasteiger partial charge >= 0.3 is 11.9 Å². The summed E-state index contributed by atoms with van der Waals surface area (Å²) in [5.74, 6) is -2.30. The monoisotopic (exact) mass is 584 g/mol. The predicted molar refractivity (Wildman–Crippen MR) is 166 cm³/mol. The molecule has 2 rings (SSSR count). The van der Waals surface area contributed by atoms with Crippen molar-refractivity contribution in [3.63, 3.8) is 0 Å². The highest BCUT2D eigenvalue weighted by Crippen LogP contribution is 2.26. The fourth-order valence-corrected chi connectivity index (χ4v) is 5.24. The molecule has 8 nitrogen and oxygen atoms in total. The van der Waals surface area contributed by atoms with Gasteiger partial charge in [-0.2, -0.15) is 0 Å². The largest absolute Gasteiger partial charge is 0.465 e. The SMILES string of the molecule is CCOC(=O)C(C(=O)OCC)C(CCN(CCCCO)Cc1ccccc1)CCN(CCCCO)Cc1ccccc1. The number of benzene rings is 2. The van der Waals surface area contributed by atoms with E-state index in [9.17, 15) is 19.8 Å². The molecule has 234 valence electrons. The summed E-state index contributed by atoms with van der Waals surface area (Å²) in [5, 5.41) is 18.7. The van der Waals surface area contributed by atoms with Gasteiger partial charge in [-0.1, -0.05) is 60.7 Å². The van der Waals surface area contributed by atoms with Crippen LogP contribution in [0.3, 0.4) is 0 Å². The molecule has 8 heteroatoms. The third kappa shape index (κ3) is 13.9. The van der Waals surface area contributed by atoms with Crippen molar-refractivity contribution in [2.45, 2.75) is 65.5 Å². The molecule has 0 aliphatic heterocycles. The van der Waals surface area contributed by atoms with E-state index in [-0.39, 0.29) is 32.3 Å². The molecule has 2 aromatic rings. The second-order valence-electron chi connectivity index (χ2n) is 10.7. The summed E-state index contributed by atoms with van der Waals surface area (Å²) >= 11 is 0. The number of ether oxygens (including phenoxy) is 2. The van der Waals surface area contributed by atoms with Crippen LogP contribution < -0.4 is 0 Å². The van der Waals surface area contributed by atoms with E-state index < -0.39 is 17.9 Å². The van der Waals surface area contributed by atoms with Crippen LogP contribution in [0.25, 0.3) is 0 Å². The van der Waals surface area contributed by atoms with E-state index in [2.05, 4.69) is 34.1 Å². The van der Waals surface area contributed by atoms with Gasteiger partial charge in [0.2, 0.25) is 0 Å². The zero-order chi connectivity index (χ0) is 30.4. The van der Waals surface area contributed by atoms with Crippen LogP contribution in [0.1, 0.15) is 63.5 Å². The standard InChI is InChI=1S/C34H52N2O6/c1-3-41-33(39)32(34(40)42-4-2)31(19-23-35(21-11-13-25-37)27-29-15-7-5-8-16-29)20-24-36(22-12-14-26-38)28-30-17-9-6-10-18-30/h5-10,15-18,31-32,37-38H,3-4,11-14,19-28H2,1-2H3. The molecule has 0 fully saturated rings. The van der Waals surface area contributed by atoms with Crippen molar-refractivity contribution in [1.29, 1.82) is 0 Å². The Morgan fingerprint density at radius 1 is 0.643 bits per heavy atom. The summed E-state index contributed by atoms with van der Waals surface area (Å²) in [6, 6.07) is 20.5. The fourth-order valence-electron chi connectivity index (χ4n) is 5.24. The number of nitrogens with zero attached hydrogens (tertiary/aromatic N) is 2. The molecule has 0 atom stereocenters. The molecule has 0 unspecified atom stereocenters. The summed E-state index contributed by atoms with van der Waals surface area (Å²) < 4.78 is 10.8. The second-order valence-corrected chi connectivity index (χ2v) is 10.7. The first kappa shape index (κ1) is 35.4. The Kier molecular flexibility index (Phi) is 18.4. The zero-order valence-electron chi connectivity index (χ0n) is 25.7. The van der Waals surface area contributed by atoms with Crippen LogP contribution in [-0.4, -0.2) is 84.6 Å². The van der Waals surface area contributed by atoms with Crippen LogP contribution in [0.4, 0.5) is 0 Å². The maximum atomic E-state index is 13.2. The first-order valence-electron chi connectivity index (χ1n) is 15.6. The number of carbonyl (C=O) groups excluding carboxylic acids is 2. The van der Waals surface area contributed by atoms with Crippen molar-refractivity contribution in [1.82, 2.24) is 9.80 Å². The number of carbonyl (C=O) groups is 2. The fraction of sp³-hybridized carbons (Fsp3) is 0.588. The summed E-state index contributed by atoms with van der Waals surface area (Å²) in [4.78, 5) is 31.1. The number of hydrogen-bond donors (Lipinski definition) is 2. The van der Waals surface area contributed by atoms with Crippen LogP contribution in [0.2, 0.25) is 0 Å². The van der Waals surface area contributed by atoms with Gasteiger partial charge in [-0.15, -0.1) is 0 Å². The van der Waals surface area contributed by atoms with Crippen molar-refractivity contribution in [3.8, 4) is 0 Å². The molecule has 0 aliphatic carbocycles. The molecule has 0 aliphatic rings. The van der Waals surface area contributed by atoms with E-state index in [1.165, 1.54) is 11.1 Å². The van der Waals surface area contributed by atoms with Crippen LogP contribution in [0.15, 0.2) is 60.7 Å². The van der Waals surface area contributed by atoms with Crippen molar-refractivity contribution in [2.24, 2.45) is 11.8 Å². The molecule has 0 bridgehead atoms. The van der Waals surface area contributed by atoms with E-state index in [4.69, 9.17) is 9.47 Å². The van der Waals surface area contributed by atoms with Crippen molar-refractivity contribution < 1.29 is 29.3 Å². The topological polar surface area (TPSA) is 99.5 Å². The van der Waals surface area contributed by atoms with Crippen molar-refractivity contribution in [2.75, 3.05) is 52.6 Å². The van der Waals surface area contributed by atoms with Gasteiger partial charge in [0, 0.05) is 26.3 Å². The summed E-state index contributed by atoms with van der Waals surface area (Å²) in [6.45, 7) is 8.74. The first-order valence-corrected chi connectivity index (χ1v) is 15.6. The third-order valence-electron chi connectivity index (χ3n) is 7.45. The van der Waals surface area contributed by atoms with Gasteiger partial charge in [0.05, 0.1) is 13.2 Å². The van der Waals surface area contributed by atoms with Crippen LogP contribution in [-0.2, 0) is 32.2 Å². The minimum atomic E-state index is -0.989. The van der Waals surface area contributed by atoms with Gasteiger partial charge < -0.3 is 19.7 Å². The molecule has 0 spiro atoms. The highest BCUT2D eigenvalue weighted by atomic mass is 16.6. The Labute approximate surface area is 252 Å². The highest BCUT2D eigenvalue weighted by Gasteiger charge is 2.37. The smallest absolute Gasteiger partial charge is 0.320 e. The minimum Gasteiger partial charge on any atom is -0.465 e. The maximum Gasteiger partial charge on any atom is 0.320 e. The van der Waals surface area contributed by atoms with Crippen LogP contribution in [0.5, 0.6) is 0 Å². The van der Waals surface area contributed by atoms with Gasteiger partial charge in [-0.3, -0.25) is 19.4 Å². The molecule has 0 saturated carbocycles. The first-order chi connectivity index (χ1) is 20.5. The molecule has 0 aromatic heterocycles. The minimum absolute atomic E-state index is 0.156. The molecule has 0 heterocycles. The molecule has 0 radical (unpaired) electrons. The number of hydrogen-bond acceptors (Lipinski definition) is 8. The molecule has 2 aromatic carbocycles. The van der Waals surface area contributed by atoms with E-state index in [1.54, 1.807) is 13.8 Å². The Bertz CT molecular complexity index is 897. The van der Waals surface area contributed by atoms with E-state index >= 15 is 0 Å². The molecule has 42 heavy (non-hydrogen) atoms. The molecule has 0 saturated heterocycles. The zero-order valence-corrected chi connectivity index (χ0v) is 25.7. The highest BCUT2D eigenvalue weighted by molar-refractivity contribution is 5.95. The number of aliphatic hydroxyl groups is 2. The van der Waals surface area contributed by atoms with Crippen molar-refractivity contribution >= 4 is 11.9 Å². The van der Waals surface area contributed by atoms with E-state index in [0.29, 0.717) is 25.9 Å². The Hall–Kier alpha value is -2.78. The molecular weight excluding hydrogens is 532 g/mol. The van der Waals surface area contributed by atoms with Gasteiger partial charge in [0.15, 0.2) is 5.92 Å². The lowest BCUT2D eigenvalue weighted by Gasteiger charge is -2.30. The van der Waals surface area contributed by atoms with Gasteiger partial charge in [0.25, 0.3) is 0 Å². The van der Waals surface area contributed by atoms with Crippen molar-refractivity contribution in [3.05, 3.63) is 71.8 Å². The lowest BCUT2D eigenvalue weighted by Crippen LogP contribution is -2.39. The molecule has 2 N–H and O–H groups in total. The Morgan fingerprint density at radius 3 is 1.40 bits per heavy atom. The Balaban J connectivity index is 2.27. The number of aliphatic hydroxyl groups excluding tert-OH is 2. The third-order valence-corrected chi connectivity index (χ3v) is 7.45.